The van der Waals surface area contributed by atoms with E-state index in [1.54, 1.807) is 0 Å². The first-order chi connectivity index (χ1) is 9.99. The lowest BCUT2D eigenvalue weighted by Crippen LogP contribution is -2.43. The van der Waals surface area contributed by atoms with E-state index in [9.17, 15) is 4.79 Å². The van der Waals surface area contributed by atoms with E-state index in [1.807, 2.05) is 18.7 Å². The van der Waals surface area contributed by atoms with Crippen LogP contribution in [0.1, 0.15) is 57.4 Å². The maximum atomic E-state index is 12.7. The summed E-state index contributed by atoms with van der Waals surface area (Å²) in [5.41, 5.74) is 1.45. The number of rotatable bonds is 3. The Bertz CT molecular complexity index is 462. The van der Waals surface area contributed by atoms with E-state index in [-0.39, 0.29) is 6.03 Å². The van der Waals surface area contributed by atoms with E-state index in [0.717, 1.165) is 31.5 Å². The molecule has 5 nitrogen and oxygen atoms in total. The lowest BCUT2D eigenvalue weighted by Gasteiger charge is -2.31. The second kappa shape index (κ2) is 6.96. The van der Waals surface area contributed by atoms with Crippen LogP contribution in [-0.2, 0) is 0 Å². The van der Waals surface area contributed by atoms with Gasteiger partial charge < -0.3 is 14.7 Å². The Morgan fingerprint density at radius 2 is 2.14 bits per heavy atom. The van der Waals surface area contributed by atoms with E-state index < -0.39 is 0 Å². The number of aryl methyl sites for hydroxylation is 2. The van der Waals surface area contributed by atoms with Crippen LogP contribution in [0.3, 0.4) is 0 Å². The first-order valence-corrected chi connectivity index (χ1v) is 7.99. The maximum Gasteiger partial charge on any atom is 0.322 e. The zero-order valence-corrected chi connectivity index (χ0v) is 13.6. The Balaban J connectivity index is 2.10. The summed E-state index contributed by atoms with van der Waals surface area (Å²) in [5, 5.41) is 6.88. The third-order valence-electron chi connectivity index (χ3n) is 4.15. The van der Waals surface area contributed by atoms with E-state index in [4.69, 9.17) is 4.52 Å². The van der Waals surface area contributed by atoms with Crippen LogP contribution in [0.5, 0.6) is 0 Å². The van der Waals surface area contributed by atoms with Gasteiger partial charge in [0.2, 0.25) is 0 Å². The van der Waals surface area contributed by atoms with Crippen molar-refractivity contribution in [2.75, 3.05) is 11.9 Å². The van der Waals surface area contributed by atoms with Gasteiger partial charge in [-0.25, -0.2) is 4.79 Å². The molecule has 21 heavy (non-hydrogen) atoms. The molecule has 2 amide bonds. The van der Waals surface area contributed by atoms with Crippen LogP contribution in [-0.4, -0.2) is 28.7 Å². The summed E-state index contributed by atoms with van der Waals surface area (Å²) in [6, 6.07) is 0.324. The van der Waals surface area contributed by atoms with Crippen molar-refractivity contribution in [3.63, 3.8) is 0 Å². The van der Waals surface area contributed by atoms with Gasteiger partial charge in [-0.15, -0.1) is 0 Å². The molecule has 1 atom stereocenters. The molecule has 1 aromatic rings. The molecule has 1 aliphatic heterocycles. The van der Waals surface area contributed by atoms with Crippen molar-refractivity contribution < 1.29 is 9.32 Å². The van der Waals surface area contributed by atoms with Crippen molar-refractivity contribution in [1.82, 2.24) is 10.1 Å². The molecule has 0 aromatic carbocycles. The fraction of sp³-hybridized carbons (Fsp3) is 0.750. The molecule has 1 fully saturated rings. The van der Waals surface area contributed by atoms with E-state index in [2.05, 4.69) is 24.3 Å². The number of aromatic nitrogens is 1. The zero-order chi connectivity index (χ0) is 15.4. The Hall–Kier alpha value is -1.52. The summed E-state index contributed by atoms with van der Waals surface area (Å²) in [5.74, 6) is 1.26. The van der Waals surface area contributed by atoms with Crippen LogP contribution in [0.4, 0.5) is 10.5 Å². The topological polar surface area (TPSA) is 58.4 Å². The van der Waals surface area contributed by atoms with Crippen LogP contribution in [0.25, 0.3) is 0 Å². The van der Waals surface area contributed by atoms with Crippen LogP contribution in [0, 0.1) is 19.8 Å². The van der Waals surface area contributed by atoms with Gasteiger partial charge >= 0.3 is 6.03 Å². The summed E-state index contributed by atoms with van der Waals surface area (Å²) in [4.78, 5) is 14.7. The van der Waals surface area contributed by atoms with Crippen molar-refractivity contribution in [2.45, 2.75) is 65.8 Å². The van der Waals surface area contributed by atoms with E-state index in [0.29, 0.717) is 23.4 Å². The lowest BCUT2D eigenvalue weighted by atomic mass is 9.99. The summed E-state index contributed by atoms with van der Waals surface area (Å²) in [6.45, 7) is 8.95. The van der Waals surface area contributed by atoms with Gasteiger partial charge in [0.1, 0.15) is 11.4 Å². The molecule has 1 aromatic heterocycles. The number of amides is 2. The van der Waals surface area contributed by atoms with Crippen molar-refractivity contribution in [3.05, 3.63) is 11.5 Å². The number of nitrogens with one attached hydrogen (secondary N) is 1. The molecule has 1 saturated heterocycles. The standard InChI is InChI=1S/C16H27N3O2/c1-11(2)10-14-8-6-5-7-9-19(14)16(20)17-15-12(3)18-21-13(15)4/h11,14H,5-10H2,1-4H3,(H,17,20)/t14-/m1/s1. The van der Waals surface area contributed by atoms with E-state index in [1.165, 1.54) is 12.8 Å². The van der Waals surface area contributed by atoms with Gasteiger partial charge in [0.05, 0.1) is 0 Å². The molecular formula is C16H27N3O2. The minimum Gasteiger partial charge on any atom is -0.359 e. The Labute approximate surface area is 127 Å². The Morgan fingerprint density at radius 1 is 1.38 bits per heavy atom. The molecule has 0 aliphatic carbocycles. The zero-order valence-electron chi connectivity index (χ0n) is 13.6. The minimum absolute atomic E-state index is 0.0167. The molecule has 0 bridgehead atoms. The normalized spacial score (nSPS) is 19.7. The first kappa shape index (κ1) is 15.9. The van der Waals surface area contributed by atoms with Gasteiger partial charge in [-0.3, -0.25) is 0 Å². The number of nitrogens with zero attached hydrogens (tertiary/aromatic N) is 2. The van der Waals surface area contributed by atoms with Crippen molar-refractivity contribution in [1.29, 1.82) is 0 Å². The molecule has 2 rings (SSSR count). The lowest BCUT2D eigenvalue weighted by molar-refractivity contribution is 0.178. The van der Waals surface area contributed by atoms with Crippen LogP contribution >= 0.6 is 0 Å². The fourth-order valence-electron chi connectivity index (χ4n) is 3.07. The average molecular weight is 293 g/mol. The van der Waals surface area contributed by atoms with Gasteiger partial charge in [0.25, 0.3) is 0 Å². The molecule has 1 N–H and O–H groups in total. The van der Waals surface area contributed by atoms with Crippen LogP contribution < -0.4 is 5.32 Å². The highest BCUT2D eigenvalue weighted by Crippen LogP contribution is 2.25. The molecule has 1 aliphatic rings. The first-order valence-electron chi connectivity index (χ1n) is 7.99. The second-order valence-electron chi connectivity index (χ2n) is 6.46. The number of anilines is 1. The second-order valence-corrected chi connectivity index (χ2v) is 6.46. The molecule has 0 spiro atoms. The highest BCUT2D eigenvalue weighted by Gasteiger charge is 2.27. The van der Waals surface area contributed by atoms with E-state index >= 15 is 0 Å². The molecular weight excluding hydrogens is 266 g/mol. The summed E-state index contributed by atoms with van der Waals surface area (Å²) in [6.07, 6.45) is 5.68. The van der Waals surface area contributed by atoms with Crippen molar-refractivity contribution in [3.8, 4) is 0 Å². The third-order valence-corrected chi connectivity index (χ3v) is 4.15. The molecule has 2 heterocycles. The molecule has 0 radical (unpaired) electrons. The van der Waals surface area contributed by atoms with Gasteiger partial charge in [-0.1, -0.05) is 31.8 Å². The predicted octanol–water partition coefficient (Wildman–Crippen LogP) is 4.11. The summed E-state index contributed by atoms with van der Waals surface area (Å²) < 4.78 is 5.12. The van der Waals surface area contributed by atoms with Gasteiger partial charge in [-0.2, -0.15) is 0 Å². The maximum absolute atomic E-state index is 12.7. The quantitative estimate of drug-likeness (QED) is 0.912. The van der Waals surface area contributed by atoms with Gasteiger partial charge in [0.15, 0.2) is 5.76 Å². The highest BCUT2D eigenvalue weighted by atomic mass is 16.5. The average Bonchev–Trinajstić information content (AvgIpc) is 2.65. The van der Waals surface area contributed by atoms with Gasteiger partial charge in [-0.05, 0) is 39.0 Å². The summed E-state index contributed by atoms with van der Waals surface area (Å²) in [7, 11) is 0. The Kier molecular flexibility index (Phi) is 5.26. The number of likely N-dealkylation sites (tertiary alicyclic amines) is 1. The number of urea groups is 1. The molecule has 5 heteroatoms. The van der Waals surface area contributed by atoms with Crippen LogP contribution in [0.15, 0.2) is 4.52 Å². The monoisotopic (exact) mass is 293 g/mol. The molecule has 0 saturated carbocycles. The predicted molar refractivity (Wildman–Crippen MR) is 83.4 cm³/mol. The molecule has 118 valence electrons. The summed E-state index contributed by atoms with van der Waals surface area (Å²) >= 11 is 0. The number of carbonyl (C=O) groups is 1. The number of hydrogen-bond donors (Lipinski definition) is 1. The van der Waals surface area contributed by atoms with Gasteiger partial charge in [0, 0.05) is 12.6 Å². The minimum atomic E-state index is -0.0167. The number of carbonyl (C=O) groups excluding carboxylic acids is 1. The SMILES string of the molecule is Cc1noc(C)c1NC(=O)N1CCCCC[C@@H]1CC(C)C. The fourth-order valence-corrected chi connectivity index (χ4v) is 3.07. The highest BCUT2D eigenvalue weighted by molar-refractivity contribution is 5.90. The van der Waals surface area contributed by atoms with Crippen molar-refractivity contribution >= 4 is 11.7 Å². The largest absolute Gasteiger partial charge is 0.359 e. The smallest absolute Gasteiger partial charge is 0.322 e. The third kappa shape index (κ3) is 3.99. The van der Waals surface area contributed by atoms with Crippen LogP contribution in [0.2, 0.25) is 0 Å². The number of hydrogen-bond acceptors (Lipinski definition) is 3. The Morgan fingerprint density at radius 3 is 2.76 bits per heavy atom. The molecule has 0 unspecified atom stereocenters. The van der Waals surface area contributed by atoms with Crippen molar-refractivity contribution in [2.24, 2.45) is 5.92 Å².